The molecule has 0 fully saturated rings. The first-order chi connectivity index (χ1) is 14.0. The van der Waals surface area contributed by atoms with Crippen molar-refractivity contribution < 1.29 is 4.39 Å². The van der Waals surface area contributed by atoms with Gasteiger partial charge in [0.2, 0.25) is 0 Å². The van der Waals surface area contributed by atoms with Crippen LogP contribution >= 0.6 is 15.9 Å². The minimum atomic E-state index is -0.316. The average molecular weight is 448 g/mol. The zero-order valence-electron chi connectivity index (χ0n) is 15.2. The van der Waals surface area contributed by atoms with E-state index in [1.54, 1.807) is 41.3 Å². The minimum absolute atomic E-state index is 0.316. The summed E-state index contributed by atoms with van der Waals surface area (Å²) in [4.78, 5) is 4.21. The summed E-state index contributed by atoms with van der Waals surface area (Å²) in [5.74, 6) is -0.316. The van der Waals surface area contributed by atoms with Gasteiger partial charge >= 0.3 is 0 Å². The molecule has 0 saturated carbocycles. The number of pyridine rings is 1. The van der Waals surface area contributed by atoms with Crippen LogP contribution in [0.5, 0.6) is 0 Å². The van der Waals surface area contributed by atoms with Crippen LogP contribution in [0.2, 0.25) is 0 Å². The number of nitrogens with zero attached hydrogens (tertiary/aromatic N) is 4. The first-order valence-electron chi connectivity index (χ1n) is 8.76. The first-order valence-corrected chi connectivity index (χ1v) is 9.56. The monoisotopic (exact) mass is 447 g/mol. The van der Waals surface area contributed by atoms with E-state index in [-0.39, 0.29) is 5.82 Å². The Kier molecular flexibility index (Phi) is 5.10. The predicted molar refractivity (Wildman–Crippen MR) is 114 cm³/mol. The number of hydrogen-bond acceptors (Lipinski definition) is 4. The molecule has 142 valence electrons. The third-order valence-corrected chi connectivity index (χ3v) is 4.98. The second-order valence-electron chi connectivity index (χ2n) is 6.42. The molecule has 7 heteroatoms. The van der Waals surface area contributed by atoms with Gasteiger partial charge < -0.3 is 5.32 Å². The van der Waals surface area contributed by atoms with Gasteiger partial charge in [-0.25, -0.2) is 14.1 Å². The maximum absolute atomic E-state index is 13.3. The molecule has 0 aliphatic heterocycles. The normalized spacial score (nSPS) is 10.7. The summed E-state index contributed by atoms with van der Waals surface area (Å²) in [6.07, 6.45) is 3.50. The van der Waals surface area contributed by atoms with Gasteiger partial charge in [-0.2, -0.15) is 10.4 Å². The number of fused-ring (bicyclic) bond motifs is 1. The summed E-state index contributed by atoms with van der Waals surface area (Å²) in [5, 5.41) is 18.1. The van der Waals surface area contributed by atoms with Gasteiger partial charge in [0.05, 0.1) is 29.0 Å². The van der Waals surface area contributed by atoms with E-state index in [2.05, 4.69) is 44.0 Å². The molecule has 0 bridgehead atoms. The lowest BCUT2D eigenvalue weighted by Crippen LogP contribution is -2.11. The van der Waals surface area contributed by atoms with Crippen LogP contribution in [0.3, 0.4) is 0 Å². The molecule has 2 heterocycles. The molecule has 29 heavy (non-hydrogen) atoms. The van der Waals surface area contributed by atoms with Gasteiger partial charge in [-0.3, -0.25) is 0 Å². The molecule has 2 aromatic carbocycles. The fraction of sp³-hybridized carbons (Fsp3) is 0.0455. The number of nitriles is 1. The Hall–Kier alpha value is -3.50. The molecule has 2 aromatic heterocycles. The minimum Gasteiger partial charge on any atom is -0.381 e. The van der Waals surface area contributed by atoms with Crippen LogP contribution in [-0.2, 0) is 6.54 Å². The Morgan fingerprint density at radius 1 is 1.17 bits per heavy atom. The molecule has 4 aromatic rings. The van der Waals surface area contributed by atoms with Gasteiger partial charge in [-0.1, -0.05) is 12.6 Å². The van der Waals surface area contributed by atoms with Crippen molar-refractivity contribution in [3.05, 3.63) is 94.6 Å². The van der Waals surface area contributed by atoms with Crippen LogP contribution in [0.4, 0.5) is 4.39 Å². The Bertz CT molecular complexity index is 1240. The van der Waals surface area contributed by atoms with E-state index < -0.39 is 0 Å². The number of aromatic nitrogens is 3. The number of rotatable bonds is 5. The van der Waals surface area contributed by atoms with Crippen LogP contribution < -0.4 is 5.32 Å². The first kappa shape index (κ1) is 18.8. The molecule has 0 aliphatic carbocycles. The van der Waals surface area contributed by atoms with E-state index in [1.807, 2.05) is 12.1 Å². The highest BCUT2D eigenvalue weighted by Gasteiger charge is 2.13. The molecule has 0 amide bonds. The zero-order valence-corrected chi connectivity index (χ0v) is 16.8. The Labute approximate surface area is 175 Å². The van der Waals surface area contributed by atoms with Gasteiger partial charge in [0.25, 0.3) is 0 Å². The van der Waals surface area contributed by atoms with Crippen molar-refractivity contribution in [2.24, 2.45) is 0 Å². The van der Waals surface area contributed by atoms with Crippen molar-refractivity contribution in [2.75, 3.05) is 0 Å². The lowest BCUT2D eigenvalue weighted by Gasteiger charge is -2.12. The topological polar surface area (TPSA) is 66.5 Å². The lowest BCUT2D eigenvalue weighted by molar-refractivity contribution is 0.627. The molecule has 0 atom stereocenters. The molecule has 0 radical (unpaired) electrons. The van der Waals surface area contributed by atoms with Crippen molar-refractivity contribution in [1.29, 1.82) is 5.26 Å². The summed E-state index contributed by atoms with van der Waals surface area (Å²) >= 11 is 3.32. The number of benzene rings is 2. The second kappa shape index (κ2) is 7.86. The van der Waals surface area contributed by atoms with Gasteiger partial charge in [-0.15, -0.1) is 0 Å². The van der Waals surface area contributed by atoms with Gasteiger partial charge in [0, 0.05) is 29.4 Å². The van der Waals surface area contributed by atoms with Crippen molar-refractivity contribution in [3.8, 4) is 11.8 Å². The van der Waals surface area contributed by atoms with Crippen molar-refractivity contribution in [2.45, 2.75) is 6.54 Å². The van der Waals surface area contributed by atoms with Crippen LogP contribution in [0.15, 0.2) is 72.1 Å². The molecule has 0 aliphatic rings. The summed E-state index contributed by atoms with van der Waals surface area (Å²) < 4.78 is 15.7. The highest BCUT2D eigenvalue weighted by Crippen LogP contribution is 2.27. The average Bonchev–Trinajstić information content (AvgIpc) is 3.17. The molecule has 0 spiro atoms. The largest absolute Gasteiger partial charge is 0.381 e. The lowest BCUT2D eigenvalue weighted by atomic mass is 10.0. The van der Waals surface area contributed by atoms with Crippen molar-refractivity contribution >= 4 is 32.5 Å². The third kappa shape index (κ3) is 3.89. The van der Waals surface area contributed by atoms with Crippen molar-refractivity contribution in [3.63, 3.8) is 0 Å². The molecule has 4 rings (SSSR count). The molecule has 5 nitrogen and oxygen atoms in total. The smallest absolute Gasteiger partial charge is 0.123 e. The summed E-state index contributed by atoms with van der Waals surface area (Å²) in [6, 6.07) is 15.6. The fourth-order valence-electron chi connectivity index (χ4n) is 3.04. The summed E-state index contributed by atoms with van der Waals surface area (Å²) in [7, 11) is 0. The second-order valence-corrected chi connectivity index (χ2v) is 7.23. The van der Waals surface area contributed by atoms with Gasteiger partial charge in [-0.05, 0) is 64.0 Å². The predicted octanol–water partition coefficient (Wildman–Crippen LogP) is 4.95. The van der Waals surface area contributed by atoms with Crippen molar-refractivity contribution in [1.82, 2.24) is 20.1 Å². The zero-order chi connectivity index (χ0) is 20.4. The fourth-order valence-corrected chi connectivity index (χ4v) is 3.28. The van der Waals surface area contributed by atoms with Crippen LogP contribution in [0, 0.1) is 17.1 Å². The molecular weight excluding hydrogens is 433 g/mol. The highest BCUT2D eigenvalue weighted by atomic mass is 79.9. The van der Waals surface area contributed by atoms with Gasteiger partial charge in [0.1, 0.15) is 10.4 Å². The van der Waals surface area contributed by atoms with E-state index in [9.17, 15) is 9.65 Å². The molecule has 0 saturated heterocycles. The maximum atomic E-state index is 13.3. The third-order valence-electron chi connectivity index (χ3n) is 4.51. The van der Waals surface area contributed by atoms with Gasteiger partial charge in [0.15, 0.2) is 0 Å². The summed E-state index contributed by atoms with van der Waals surface area (Å²) in [6.45, 7) is 4.69. The number of hydrogen-bond donors (Lipinski definition) is 1. The maximum Gasteiger partial charge on any atom is 0.123 e. The van der Waals surface area contributed by atoms with E-state index in [4.69, 9.17) is 0 Å². The van der Waals surface area contributed by atoms with Crippen LogP contribution in [0.25, 0.3) is 22.3 Å². The van der Waals surface area contributed by atoms with E-state index in [1.165, 1.54) is 12.1 Å². The molecular formula is C22H15BrFN5. The van der Waals surface area contributed by atoms with E-state index in [0.717, 1.165) is 26.6 Å². The van der Waals surface area contributed by atoms with Crippen LogP contribution in [-0.4, -0.2) is 14.8 Å². The number of halogens is 2. The summed E-state index contributed by atoms with van der Waals surface area (Å²) in [5.41, 5.74) is 4.42. The standard InChI is InChI=1S/C22H15BrFN5/c1-14(26-11-15-2-7-22(23)27-12-15)19-8-16(10-25)9-21-20(19)13-28-29(21)18-5-3-17(24)4-6-18/h2-9,12-13,26H,1,11H2. The Morgan fingerprint density at radius 3 is 2.66 bits per heavy atom. The Morgan fingerprint density at radius 2 is 1.97 bits per heavy atom. The molecule has 1 N–H and O–H groups in total. The van der Waals surface area contributed by atoms with Crippen LogP contribution in [0.1, 0.15) is 16.7 Å². The molecule has 0 unspecified atom stereocenters. The quantitative estimate of drug-likeness (QED) is 0.439. The van der Waals surface area contributed by atoms with E-state index in [0.29, 0.717) is 23.5 Å². The highest BCUT2D eigenvalue weighted by molar-refractivity contribution is 9.10. The number of nitrogens with one attached hydrogen (secondary N) is 1. The SMILES string of the molecule is C=C(NCc1ccc(Br)nc1)c1cc(C#N)cc2c1cnn2-c1ccc(F)cc1. The Balaban J connectivity index is 1.70. The van der Waals surface area contributed by atoms with E-state index >= 15 is 0 Å².